The molecule has 0 aliphatic carbocycles. The molecule has 1 fully saturated rings. The number of thioether (sulfide) groups is 1. The van der Waals surface area contributed by atoms with E-state index in [1.807, 2.05) is 37.4 Å². The maximum Gasteiger partial charge on any atom is 0.264 e. The summed E-state index contributed by atoms with van der Waals surface area (Å²) in [5.74, 6) is -0.136. The SMILES string of the molecule is Cn1c(C=C2SC(=Nc3ccc(Cl)cc3)NC2=O)cc2ccccc21. The number of amides is 1. The van der Waals surface area contributed by atoms with E-state index in [2.05, 4.69) is 33.1 Å². The minimum atomic E-state index is -0.136. The quantitative estimate of drug-likeness (QED) is 0.666. The lowest BCUT2D eigenvalue weighted by Crippen LogP contribution is -2.19. The van der Waals surface area contributed by atoms with E-state index >= 15 is 0 Å². The summed E-state index contributed by atoms with van der Waals surface area (Å²) < 4.78 is 2.07. The first-order chi connectivity index (χ1) is 12.1. The summed E-state index contributed by atoms with van der Waals surface area (Å²) in [6, 6.07) is 17.4. The van der Waals surface area contributed by atoms with Crippen LogP contribution in [0, 0.1) is 0 Å². The van der Waals surface area contributed by atoms with Crippen LogP contribution in [-0.2, 0) is 11.8 Å². The van der Waals surface area contributed by atoms with Crippen LogP contribution in [-0.4, -0.2) is 15.6 Å². The lowest BCUT2D eigenvalue weighted by molar-refractivity contribution is -0.115. The number of fused-ring (bicyclic) bond motifs is 1. The molecule has 1 aromatic heterocycles. The van der Waals surface area contributed by atoms with Crippen molar-refractivity contribution in [2.75, 3.05) is 0 Å². The summed E-state index contributed by atoms with van der Waals surface area (Å²) >= 11 is 7.21. The third-order valence-electron chi connectivity index (χ3n) is 3.98. The number of aryl methyl sites for hydroxylation is 1. The Hall–Kier alpha value is -2.50. The highest BCUT2D eigenvalue weighted by atomic mass is 35.5. The second-order valence-corrected chi connectivity index (χ2v) is 7.11. The molecule has 3 aromatic rings. The van der Waals surface area contributed by atoms with E-state index < -0.39 is 0 Å². The summed E-state index contributed by atoms with van der Waals surface area (Å²) in [7, 11) is 2.00. The van der Waals surface area contributed by atoms with Crippen molar-refractivity contribution >= 4 is 57.1 Å². The Labute approximate surface area is 154 Å². The Kier molecular flexibility index (Phi) is 4.11. The number of hydrogen-bond acceptors (Lipinski definition) is 3. The van der Waals surface area contributed by atoms with Crippen molar-refractivity contribution in [3.05, 3.63) is 70.2 Å². The molecule has 4 rings (SSSR count). The predicted molar refractivity (Wildman–Crippen MR) is 105 cm³/mol. The van der Waals surface area contributed by atoms with Crippen LogP contribution in [0.1, 0.15) is 5.69 Å². The second kappa shape index (κ2) is 6.43. The lowest BCUT2D eigenvalue weighted by Gasteiger charge is -1.99. The molecule has 0 bridgehead atoms. The van der Waals surface area contributed by atoms with Gasteiger partial charge < -0.3 is 9.88 Å². The number of carbonyl (C=O) groups is 1. The molecular weight excluding hydrogens is 354 g/mol. The zero-order valence-corrected chi connectivity index (χ0v) is 14.9. The maximum atomic E-state index is 12.2. The number of benzene rings is 2. The normalized spacial score (nSPS) is 17.6. The number of hydrogen-bond donors (Lipinski definition) is 1. The van der Waals surface area contributed by atoms with Gasteiger partial charge in [0.15, 0.2) is 5.17 Å². The van der Waals surface area contributed by atoms with Gasteiger partial charge >= 0.3 is 0 Å². The average molecular weight is 368 g/mol. The molecule has 25 heavy (non-hydrogen) atoms. The van der Waals surface area contributed by atoms with E-state index in [0.29, 0.717) is 15.1 Å². The van der Waals surface area contributed by atoms with Crippen molar-refractivity contribution in [1.82, 2.24) is 9.88 Å². The maximum absolute atomic E-state index is 12.2. The molecule has 1 amide bonds. The largest absolute Gasteiger partial charge is 0.344 e. The van der Waals surface area contributed by atoms with Gasteiger partial charge in [0.05, 0.1) is 10.6 Å². The zero-order valence-electron chi connectivity index (χ0n) is 13.4. The molecule has 2 aromatic carbocycles. The lowest BCUT2D eigenvalue weighted by atomic mass is 10.2. The van der Waals surface area contributed by atoms with Gasteiger partial charge in [-0.25, -0.2) is 4.99 Å². The van der Waals surface area contributed by atoms with Crippen molar-refractivity contribution in [3.8, 4) is 0 Å². The number of para-hydroxylation sites is 1. The first-order valence-electron chi connectivity index (χ1n) is 7.70. The average Bonchev–Trinajstić information content (AvgIpc) is 3.11. The number of carbonyl (C=O) groups excluding carboxylic acids is 1. The number of amidine groups is 1. The van der Waals surface area contributed by atoms with E-state index in [1.165, 1.54) is 11.8 Å². The van der Waals surface area contributed by atoms with E-state index in [9.17, 15) is 4.79 Å². The number of nitrogens with zero attached hydrogens (tertiary/aromatic N) is 2. The van der Waals surface area contributed by atoms with Gasteiger partial charge in [0, 0.05) is 28.7 Å². The van der Waals surface area contributed by atoms with Gasteiger partial charge in [0.2, 0.25) is 0 Å². The number of aromatic nitrogens is 1. The molecule has 0 spiro atoms. The number of rotatable bonds is 2. The number of nitrogens with one attached hydrogen (secondary N) is 1. The fourth-order valence-electron chi connectivity index (χ4n) is 2.70. The van der Waals surface area contributed by atoms with Crippen molar-refractivity contribution in [2.24, 2.45) is 12.0 Å². The molecule has 1 aliphatic rings. The minimum Gasteiger partial charge on any atom is -0.344 e. The van der Waals surface area contributed by atoms with Gasteiger partial charge in [-0.3, -0.25) is 4.79 Å². The fraction of sp³-hybridized carbons (Fsp3) is 0.0526. The van der Waals surface area contributed by atoms with E-state index in [0.717, 1.165) is 22.3 Å². The Morgan fingerprint density at radius 3 is 2.68 bits per heavy atom. The van der Waals surface area contributed by atoms with Crippen molar-refractivity contribution in [2.45, 2.75) is 0 Å². The van der Waals surface area contributed by atoms with Gasteiger partial charge in [-0.15, -0.1) is 0 Å². The van der Waals surface area contributed by atoms with Crippen LogP contribution in [0.15, 0.2) is 64.5 Å². The van der Waals surface area contributed by atoms with Crippen LogP contribution in [0.25, 0.3) is 17.0 Å². The molecule has 0 unspecified atom stereocenters. The highest BCUT2D eigenvalue weighted by Gasteiger charge is 2.24. The number of aliphatic imine (C=N–C) groups is 1. The van der Waals surface area contributed by atoms with Gasteiger partial charge in [0.1, 0.15) is 0 Å². The van der Waals surface area contributed by atoms with E-state index in [1.54, 1.807) is 12.1 Å². The molecule has 1 N–H and O–H groups in total. The highest BCUT2D eigenvalue weighted by Crippen LogP contribution is 2.29. The summed E-state index contributed by atoms with van der Waals surface area (Å²) in [5, 5.41) is 5.18. The molecule has 1 saturated heterocycles. The smallest absolute Gasteiger partial charge is 0.264 e. The van der Waals surface area contributed by atoms with Crippen LogP contribution >= 0.6 is 23.4 Å². The van der Waals surface area contributed by atoms with Crippen LogP contribution < -0.4 is 5.32 Å². The minimum absolute atomic E-state index is 0.136. The third kappa shape index (κ3) is 3.21. The van der Waals surface area contributed by atoms with Gasteiger partial charge in [0.25, 0.3) is 5.91 Å². The Morgan fingerprint density at radius 2 is 1.92 bits per heavy atom. The molecule has 1 aliphatic heterocycles. The predicted octanol–water partition coefficient (Wildman–Crippen LogP) is 4.72. The zero-order chi connectivity index (χ0) is 17.4. The Bertz CT molecular complexity index is 1030. The topological polar surface area (TPSA) is 46.4 Å². The van der Waals surface area contributed by atoms with Gasteiger partial charge in [-0.2, -0.15) is 0 Å². The first kappa shape index (κ1) is 16.0. The van der Waals surface area contributed by atoms with E-state index in [4.69, 9.17) is 11.6 Å². The van der Waals surface area contributed by atoms with Gasteiger partial charge in [-0.1, -0.05) is 29.8 Å². The molecule has 6 heteroatoms. The molecule has 0 saturated carbocycles. The third-order valence-corrected chi connectivity index (χ3v) is 5.14. The standard InChI is InChI=1S/C19H14ClN3OS/c1-23-15(10-12-4-2-3-5-16(12)23)11-17-18(24)22-19(25-17)21-14-8-6-13(20)7-9-14/h2-11H,1H3,(H,21,22,24). The number of halogens is 1. The monoisotopic (exact) mass is 367 g/mol. The van der Waals surface area contributed by atoms with Crippen LogP contribution in [0.3, 0.4) is 0 Å². The molecule has 2 heterocycles. The Balaban J connectivity index is 1.64. The molecule has 0 radical (unpaired) electrons. The van der Waals surface area contributed by atoms with Crippen molar-refractivity contribution in [3.63, 3.8) is 0 Å². The summed E-state index contributed by atoms with van der Waals surface area (Å²) in [4.78, 5) is 17.3. The first-order valence-corrected chi connectivity index (χ1v) is 8.89. The van der Waals surface area contributed by atoms with Crippen LogP contribution in [0.5, 0.6) is 0 Å². The molecule has 124 valence electrons. The van der Waals surface area contributed by atoms with Gasteiger partial charge in [-0.05, 0) is 54.2 Å². The fourth-order valence-corrected chi connectivity index (χ4v) is 3.65. The summed E-state index contributed by atoms with van der Waals surface area (Å²) in [5.41, 5.74) is 2.86. The van der Waals surface area contributed by atoms with Crippen molar-refractivity contribution in [1.29, 1.82) is 0 Å². The molecule has 4 nitrogen and oxygen atoms in total. The highest BCUT2D eigenvalue weighted by molar-refractivity contribution is 8.18. The molecular formula is C19H14ClN3OS. The van der Waals surface area contributed by atoms with Crippen LogP contribution in [0.4, 0.5) is 5.69 Å². The van der Waals surface area contributed by atoms with Crippen molar-refractivity contribution < 1.29 is 4.79 Å². The van der Waals surface area contributed by atoms with E-state index in [-0.39, 0.29) is 5.91 Å². The molecule has 0 atom stereocenters. The summed E-state index contributed by atoms with van der Waals surface area (Å²) in [6.07, 6.45) is 1.89. The second-order valence-electron chi connectivity index (χ2n) is 5.65. The van der Waals surface area contributed by atoms with Crippen LogP contribution in [0.2, 0.25) is 5.02 Å². The Morgan fingerprint density at radius 1 is 1.16 bits per heavy atom. The summed E-state index contributed by atoms with van der Waals surface area (Å²) in [6.45, 7) is 0.